The number of ether oxygens (including phenoxy) is 1. The summed E-state index contributed by atoms with van der Waals surface area (Å²) in [5.41, 5.74) is 4.45. The number of benzene rings is 2. The Bertz CT molecular complexity index is 907. The van der Waals surface area contributed by atoms with Crippen LogP contribution in [0.4, 0.5) is 11.4 Å². The summed E-state index contributed by atoms with van der Waals surface area (Å²) < 4.78 is 5.41. The van der Waals surface area contributed by atoms with Crippen molar-refractivity contribution < 1.29 is 9.53 Å². The molecule has 138 valence electrons. The molecule has 2 N–H and O–H groups in total. The highest BCUT2D eigenvalue weighted by Gasteiger charge is 2.08. The molecule has 27 heavy (non-hydrogen) atoms. The standard InChI is InChI=1S/C22H23N3O2/c1-3-27-21-10-8-19(9-11-21)25-22(26)18-12-20(15-23-13-18)24-14-17-7-5-4-6-16(17)2/h4-13,15,24H,3,14H2,1-2H3,(H,25,26). The lowest BCUT2D eigenvalue weighted by Gasteiger charge is -2.10. The molecule has 0 radical (unpaired) electrons. The minimum atomic E-state index is -0.203. The molecule has 1 heterocycles. The molecule has 0 atom stereocenters. The second-order valence-corrected chi connectivity index (χ2v) is 6.15. The zero-order valence-electron chi connectivity index (χ0n) is 15.5. The Morgan fingerprint density at radius 3 is 2.56 bits per heavy atom. The number of aromatic nitrogens is 1. The van der Waals surface area contributed by atoms with Crippen molar-refractivity contribution in [1.29, 1.82) is 0 Å². The van der Waals surface area contributed by atoms with Gasteiger partial charge in [-0.3, -0.25) is 9.78 Å². The second-order valence-electron chi connectivity index (χ2n) is 6.15. The molecule has 1 amide bonds. The number of carbonyl (C=O) groups excluding carboxylic acids is 1. The van der Waals surface area contributed by atoms with Gasteiger partial charge in [0.05, 0.1) is 17.9 Å². The van der Waals surface area contributed by atoms with Crippen LogP contribution >= 0.6 is 0 Å². The lowest BCUT2D eigenvalue weighted by Crippen LogP contribution is -2.13. The fourth-order valence-electron chi connectivity index (χ4n) is 2.67. The molecule has 0 saturated heterocycles. The maximum absolute atomic E-state index is 12.5. The Morgan fingerprint density at radius 1 is 1.04 bits per heavy atom. The summed E-state index contributed by atoms with van der Waals surface area (Å²) in [6, 6.07) is 17.3. The molecule has 5 nitrogen and oxygen atoms in total. The number of rotatable bonds is 7. The molecular formula is C22H23N3O2. The normalized spacial score (nSPS) is 10.3. The lowest BCUT2D eigenvalue weighted by atomic mass is 10.1. The predicted molar refractivity (Wildman–Crippen MR) is 108 cm³/mol. The number of anilines is 2. The van der Waals surface area contributed by atoms with Gasteiger partial charge in [0.1, 0.15) is 5.75 Å². The molecule has 1 aromatic heterocycles. The summed E-state index contributed by atoms with van der Waals surface area (Å²) in [5.74, 6) is 0.575. The Hall–Kier alpha value is -3.34. The van der Waals surface area contributed by atoms with Gasteiger partial charge in [-0.2, -0.15) is 0 Å². The Labute approximate surface area is 159 Å². The maximum atomic E-state index is 12.5. The number of carbonyl (C=O) groups is 1. The van der Waals surface area contributed by atoms with Gasteiger partial charge >= 0.3 is 0 Å². The van der Waals surface area contributed by atoms with Crippen molar-refractivity contribution in [2.24, 2.45) is 0 Å². The van der Waals surface area contributed by atoms with Crippen LogP contribution in [-0.2, 0) is 6.54 Å². The monoisotopic (exact) mass is 361 g/mol. The molecule has 2 aromatic carbocycles. The zero-order chi connectivity index (χ0) is 19.1. The van der Waals surface area contributed by atoms with Gasteiger partial charge in [0, 0.05) is 24.6 Å². The minimum Gasteiger partial charge on any atom is -0.494 e. The van der Waals surface area contributed by atoms with Crippen LogP contribution in [0.1, 0.15) is 28.4 Å². The minimum absolute atomic E-state index is 0.203. The van der Waals surface area contributed by atoms with E-state index in [0.29, 0.717) is 24.4 Å². The number of aryl methyl sites for hydroxylation is 1. The van der Waals surface area contributed by atoms with Crippen LogP contribution in [0.2, 0.25) is 0 Å². The molecule has 0 aliphatic rings. The fraction of sp³-hybridized carbons (Fsp3) is 0.182. The van der Waals surface area contributed by atoms with Gasteiger partial charge in [-0.25, -0.2) is 0 Å². The van der Waals surface area contributed by atoms with E-state index in [1.54, 1.807) is 18.5 Å². The van der Waals surface area contributed by atoms with Gasteiger partial charge in [-0.15, -0.1) is 0 Å². The van der Waals surface area contributed by atoms with Crippen LogP contribution in [0.15, 0.2) is 67.0 Å². The number of pyridine rings is 1. The van der Waals surface area contributed by atoms with E-state index in [1.807, 2.05) is 43.3 Å². The van der Waals surface area contributed by atoms with E-state index in [0.717, 1.165) is 11.4 Å². The molecule has 0 saturated carbocycles. The van der Waals surface area contributed by atoms with E-state index < -0.39 is 0 Å². The van der Waals surface area contributed by atoms with Crippen molar-refractivity contribution in [2.45, 2.75) is 20.4 Å². The van der Waals surface area contributed by atoms with Gasteiger partial charge in [0.2, 0.25) is 0 Å². The Morgan fingerprint density at radius 2 is 1.81 bits per heavy atom. The third-order valence-corrected chi connectivity index (χ3v) is 4.17. The number of nitrogens with one attached hydrogen (secondary N) is 2. The quantitative estimate of drug-likeness (QED) is 0.643. The first-order valence-corrected chi connectivity index (χ1v) is 8.93. The fourth-order valence-corrected chi connectivity index (χ4v) is 2.67. The first kappa shape index (κ1) is 18.5. The van der Waals surface area contributed by atoms with E-state index in [1.165, 1.54) is 11.1 Å². The summed E-state index contributed by atoms with van der Waals surface area (Å²) in [4.78, 5) is 16.7. The third-order valence-electron chi connectivity index (χ3n) is 4.17. The van der Waals surface area contributed by atoms with Crippen LogP contribution in [0.5, 0.6) is 5.75 Å². The summed E-state index contributed by atoms with van der Waals surface area (Å²) in [7, 11) is 0. The van der Waals surface area contributed by atoms with E-state index in [4.69, 9.17) is 4.74 Å². The van der Waals surface area contributed by atoms with E-state index in [-0.39, 0.29) is 5.91 Å². The van der Waals surface area contributed by atoms with Crippen LogP contribution < -0.4 is 15.4 Å². The average molecular weight is 361 g/mol. The first-order valence-electron chi connectivity index (χ1n) is 8.93. The average Bonchev–Trinajstić information content (AvgIpc) is 2.69. The van der Waals surface area contributed by atoms with Crippen molar-refractivity contribution in [1.82, 2.24) is 4.98 Å². The molecule has 5 heteroatoms. The molecule has 3 aromatic rings. The molecule has 0 aliphatic carbocycles. The molecule has 0 bridgehead atoms. The highest BCUT2D eigenvalue weighted by Crippen LogP contribution is 2.17. The third kappa shape index (κ3) is 5.07. The van der Waals surface area contributed by atoms with Crippen LogP contribution in [0.25, 0.3) is 0 Å². The van der Waals surface area contributed by atoms with Crippen molar-refractivity contribution in [2.75, 3.05) is 17.2 Å². The molecule has 0 aliphatic heterocycles. The van der Waals surface area contributed by atoms with E-state index in [2.05, 4.69) is 34.7 Å². The predicted octanol–water partition coefficient (Wildman–Crippen LogP) is 4.65. The summed E-state index contributed by atoms with van der Waals surface area (Å²) in [5, 5.41) is 6.20. The molecular weight excluding hydrogens is 338 g/mol. The van der Waals surface area contributed by atoms with Crippen molar-refractivity contribution in [3.63, 3.8) is 0 Å². The van der Waals surface area contributed by atoms with Gasteiger partial charge < -0.3 is 15.4 Å². The van der Waals surface area contributed by atoms with Crippen molar-refractivity contribution >= 4 is 17.3 Å². The number of hydrogen-bond donors (Lipinski definition) is 2. The molecule has 0 unspecified atom stereocenters. The second kappa shape index (κ2) is 8.85. The van der Waals surface area contributed by atoms with Crippen LogP contribution in [0.3, 0.4) is 0 Å². The topological polar surface area (TPSA) is 63.2 Å². The van der Waals surface area contributed by atoms with E-state index in [9.17, 15) is 4.79 Å². The van der Waals surface area contributed by atoms with E-state index >= 15 is 0 Å². The highest BCUT2D eigenvalue weighted by molar-refractivity contribution is 6.04. The maximum Gasteiger partial charge on any atom is 0.257 e. The summed E-state index contributed by atoms with van der Waals surface area (Å²) in [6.07, 6.45) is 3.27. The molecule has 3 rings (SSSR count). The summed E-state index contributed by atoms with van der Waals surface area (Å²) in [6.45, 7) is 5.30. The Kier molecular flexibility index (Phi) is 6.05. The number of nitrogens with zero attached hydrogens (tertiary/aromatic N) is 1. The van der Waals surface area contributed by atoms with Gasteiger partial charge in [-0.05, 0) is 55.3 Å². The first-order chi connectivity index (χ1) is 13.2. The zero-order valence-corrected chi connectivity index (χ0v) is 15.5. The van der Waals surface area contributed by atoms with Gasteiger partial charge in [0.15, 0.2) is 0 Å². The van der Waals surface area contributed by atoms with Crippen LogP contribution in [-0.4, -0.2) is 17.5 Å². The molecule has 0 spiro atoms. The summed E-state index contributed by atoms with van der Waals surface area (Å²) >= 11 is 0. The lowest BCUT2D eigenvalue weighted by molar-refractivity contribution is 0.102. The highest BCUT2D eigenvalue weighted by atomic mass is 16.5. The smallest absolute Gasteiger partial charge is 0.257 e. The number of hydrogen-bond acceptors (Lipinski definition) is 4. The van der Waals surface area contributed by atoms with Crippen molar-refractivity contribution in [3.05, 3.63) is 83.7 Å². The van der Waals surface area contributed by atoms with Crippen molar-refractivity contribution in [3.8, 4) is 5.75 Å². The van der Waals surface area contributed by atoms with Gasteiger partial charge in [0.25, 0.3) is 5.91 Å². The molecule has 0 fully saturated rings. The van der Waals surface area contributed by atoms with Gasteiger partial charge in [-0.1, -0.05) is 24.3 Å². The van der Waals surface area contributed by atoms with Crippen LogP contribution in [0, 0.1) is 6.92 Å². The largest absolute Gasteiger partial charge is 0.494 e. The SMILES string of the molecule is CCOc1ccc(NC(=O)c2cncc(NCc3ccccc3C)c2)cc1. The number of amides is 1. The Balaban J connectivity index is 1.63.